The molecular formula is C17H17FN4O4S. The number of ether oxygens (including phenoxy) is 2. The van der Waals surface area contributed by atoms with E-state index in [2.05, 4.69) is 9.97 Å². The lowest BCUT2D eigenvalue weighted by Gasteiger charge is -2.32. The molecule has 1 atom stereocenters. The highest BCUT2D eigenvalue weighted by Crippen LogP contribution is 2.30. The molecule has 0 radical (unpaired) electrons. The second-order valence-corrected chi connectivity index (χ2v) is 7.77. The maximum absolute atomic E-state index is 13.6. The molecule has 1 aromatic carbocycles. The van der Waals surface area contributed by atoms with Crippen LogP contribution in [0.25, 0.3) is 0 Å². The maximum Gasteiger partial charge on any atom is 0.251 e. The van der Waals surface area contributed by atoms with Crippen LogP contribution in [0.15, 0.2) is 35.5 Å². The van der Waals surface area contributed by atoms with Gasteiger partial charge in [-0.15, -0.1) is 0 Å². The van der Waals surface area contributed by atoms with Crippen molar-refractivity contribution < 1.29 is 22.3 Å². The van der Waals surface area contributed by atoms with Crippen LogP contribution in [0.5, 0.6) is 11.6 Å². The maximum atomic E-state index is 13.6. The van der Waals surface area contributed by atoms with Crippen LogP contribution in [0.1, 0.15) is 18.5 Å². The Labute approximate surface area is 156 Å². The molecule has 0 aliphatic carbocycles. The summed E-state index contributed by atoms with van der Waals surface area (Å²) in [4.78, 5) is 7.62. The summed E-state index contributed by atoms with van der Waals surface area (Å²) in [5, 5.41) is 9.07. The predicted molar refractivity (Wildman–Crippen MR) is 92.1 cm³/mol. The Morgan fingerprint density at radius 1 is 1.33 bits per heavy atom. The molecule has 0 saturated carbocycles. The zero-order valence-electron chi connectivity index (χ0n) is 14.5. The van der Waals surface area contributed by atoms with E-state index in [1.807, 2.05) is 6.07 Å². The summed E-state index contributed by atoms with van der Waals surface area (Å²) in [5.74, 6) is -0.537. The molecule has 142 valence electrons. The first-order valence-corrected chi connectivity index (χ1v) is 9.61. The summed E-state index contributed by atoms with van der Waals surface area (Å²) >= 11 is 0. The van der Waals surface area contributed by atoms with E-state index >= 15 is 0 Å². The molecule has 0 spiro atoms. The van der Waals surface area contributed by atoms with Gasteiger partial charge in [0, 0.05) is 18.9 Å². The summed E-state index contributed by atoms with van der Waals surface area (Å²) in [7, 11) is -2.66. The van der Waals surface area contributed by atoms with Crippen molar-refractivity contribution in [2.45, 2.75) is 23.8 Å². The van der Waals surface area contributed by atoms with E-state index in [0.717, 1.165) is 12.1 Å². The number of hydrogen-bond donors (Lipinski definition) is 0. The Morgan fingerprint density at radius 3 is 2.85 bits per heavy atom. The van der Waals surface area contributed by atoms with Crippen LogP contribution in [-0.2, 0) is 10.0 Å². The van der Waals surface area contributed by atoms with Crippen molar-refractivity contribution in [2.75, 3.05) is 20.2 Å². The second-order valence-electron chi connectivity index (χ2n) is 5.86. The van der Waals surface area contributed by atoms with Crippen LogP contribution in [0, 0.1) is 17.1 Å². The van der Waals surface area contributed by atoms with Crippen LogP contribution in [0.2, 0.25) is 0 Å². The van der Waals surface area contributed by atoms with Gasteiger partial charge < -0.3 is 9.47 Å². The van der Waals surface area contributed by atoms with Gasteiger partial charge in [-0.05, 0) is 31.0 Å². The number of rotatable bonds is 5. The topological polar surface area (TPSA) is 105 Å². The standard InChI is InChI=1S/C17H17FN4O4S/c1-25-15-5-4-12(18)9-16(15)27(23,24)22-8-2-3-13(11-22)26-17-14(10-19)20-6-7-21-17/h4-7,9,13H,2-3,8,11H2,1H3. The van der Waals surface area contributed by atoms with Crippen molar-refractivity contribution in [3.63, 3.8) is 0 Å². The number of nitriles is 1. The number of methoxy groups -OCH3 is 1. The van der Waals surface area contributed by atoms with Crippen molar-refractivity contribution in [1.82, 2.24) is 14.3 Å². The Morgan fingerprint density at radius 2 is 2.11 bits per heavy atom. The minimum atomic E-state index is -3.98. The zero-order chi connectivity index (χ0) is 19.4. The fourth-order valence-electron chi connectivity index (χ4n) is 2.86. The largest absolute Gasteiger partial charge is 0.495 e. The molecule has 3 rings (SSSR count). The highest BCUT2D eigenvalue weighted by molar-refractivity contribution is 7.89. The molecule has 1 saturated heterocycles. The van der Waals surface area contributed by atoms with Gasteiger partial charge in [0.25, 0.3) is 5.88 Å². The Hall–Kier alpha value is -2.77. The minimum absolute atomic E-state index is 0.0317. The molecular weight excluding hydrogens is 375 g/mol. The summed E-state index contributed by atoms with van der Waals surface area (Å²) < 4.78 is 51.6. The van der Waals surface area contributed by atoms with Crippen molar-refractivity contribution in [3.8, 4) is 17.7 Å². The van der Waals surface area contributed by atoms with Crippen LogP contribution in [0.4, 0.5) is 4.39 Å². The van der Waals surface area contributed by atoms with Crippen molar-refractivity contribution in [3.05, 3.63) is 42.1 Å². The molecule has 1 fully saturated rings. The number of nitrogens with zero attached hydrogens (tertiary/aromatic N) is 4. The van der Waals surface area contributed by atoms with Gasteiger partial charge in [0.1, 0.15) is 28.6 Å². The molecule has 10 heteroatoms. The monoisotopic (exact) mass is 392 g/mol. The van der Waals surface area contributed by atoms with E-state index in [9.17, 15) is 12.8 Å². The Kier molecular flexibility index (Phi) is 5.53. The van der Waals surface area contributed by atoms with Crippen LogP contribution in [0.3, 0.4) is 0 Å². The van der Waals surface area contributed by atoms with Crippen LogP contribution in [-0.4, -0.2) is 49.0 Å². The molecule has 1 aliphatic heterocycles. The minimum Gasteiger partial charge on any atom is -0.495 e. The third-order valence-corrected chi connectivity index (χ3v) is 6.02. The number of piperidine rings is 1. The first kappa shape index (κ1) is 19.0. The molecule has 2 aromatic rings. The van der Waals surface area contributed by atoms with E-state index in [-0.39, 0.29) is 35.3 Å². The van der Waals surface area contributed by atoms with Gasteiger partial charge in [0.15, 0.2) is 0 Å². The number of halogens is 1. The Balaban J connectivity index is 1.84. The quantitative estimate of drug-likeness (QED) is 0.763. The molecule has 1 aliphatic rings. The summed E-state index contributed by atoms with van der Waals surface area (Å²) in [5.41, 5.74) is 0.0317. The van der Waals surface area contributed by atoms with E-state index in [4.69, 9.17) is 14.7 Å². The highest BCUT2D eigenvalue weighted by atomic mass is 32.2. The first-order valence-electron chi connectivity index (χ1n) is 8.17. The molecule has 2 heterocycles. The predicted octanol–water partition coefficient (Wildman–Crippen LogP) is 1.73. The van der Waals surface area contributed by atoms with Gasteiger partial charge in [0.2, 0.25) is 15.7 Å². The third-order valence-electron chi connectivity index (χ3n) is 4.13. The fourth-order valence-corrected chi connectivity index (χ4v) is 4.53. The fraction of sp³-hybridized carbons (Fsp3) is 0.353. The molecule has 0 N–H and O–H groups in total. The normalized spacial score (nSPS) is 17.9. The summed E-state index contributed by atoms with van der Waals surface area (Å²) in [6.45, 7) is 0.316. The van der Waals surface area contributed by atoms with E-state index in [0.29, 0.717) is 12.8 Å². The molecule has 1 unspecified atom stereocenters. The smallest absolute Gasteiger partial charge is 0.251 e. The van der Waals surface area contributed by atoms with Gasteiger partial charge in [0.05, 0.1) is 13.7 Å². The van der Waals surface area contributed by atoms with Crippen molar-refractivity contribution in [1.29, 1.82) is 5.26 Å². The zero-order valence-corrected chi connectivity index (χ0v) is 15.3. The molecule has 8 nitrogen and oxygen atoms in total. The van der Waals surface area contributed by atoms with E-state index in [1.165, 1.54) is 29.9 Å². The van der Waals surface area contributed by atoms with E-state index in [1.54, 1.807) is 0 Å². The third kappa shape index (κ3) is 3.99. The highest BCUT2D eigenvalue weighted by Gasteiger charge is 2.34. The van der Waals surface area contributed by atoms with Crippen LogP contribution >= 0.6 is 0 Å². The summed E-state index contributed by atoms with van der Waals surface area (Å²) in [6, 6.07) is 5.24. The van der Waals surface area contributed by atoms with Gasteiger partial charge in [-0.1, -0.05) is 0 Å². The second kappa shape index (κ2) is 7.85. The number of aromatic nitrogens is 2. The Bertz CT molecular complexity index is 977. The first-order chi connectivity index (χ1) is 13.0. The van der Waals surface area contributed by atoms with E-state index < -0.39 is 21.9 Å². The van der Waals surface area contributed by atoms with Gasteiger partial charge >= 0.3 is 0 Å². The van der Waals surface area contributed by atoms with Gasteiger partial charge in [-0.25, -0.2) is 22.8 Å². The number of sulfonamides is 1. The van der Waals surface area contributed by atoms with Gasteiger partial charge in [-0.3, -0.25) is 0 Å². The number of hydrogen-bond acceptors (Lipinski definition) is 7. The lowest BCUT2D eigenvalue weighted by molar-refractivity contribution is 0.123. The molecule has 0 bridgehead atoms. The average Bonchev–Trinajstić information content (AvgIpc) is 2.68. The van der Waals surface area contributed by atoms with Crippen molar-refractivity contribution >= 4 is 10.0 Å². The van der Waals surface area contributed by atoms with Crippen LogP contribution < -0.4 is 9.47 Å². The lowest BCUT2D eigenvalue weighted by atomic mass is 10.1. The molecule has 0 amide bonds. The number of benzene rings is 1. The van der Waals surface area contributed by atoms with Crippen molar-refractivity contribution in [2.24, 2.45) is 0 Å². The molecule has 27 heavy (non-hydrogen) atoms. The average molecular weight is 392 g/mol. The SMILES string of the molecule is COc1ccc(F)cc1S(=O)(=O)N1CCCC(Oc2nccnc2C#N)C1. The lowest BCUT2D eigenvalue weighted by Crippen LogP contribution is -2.44. The van der Waals surface area contributed by atoms with Gasteiger partial charge in [-0.2, -0.15) is 9.57 Å². The summed E-state index contributed by atoms with van der Waals surface area (Å²) in [6.07, 6.45) is 3.40. The molecule has 1 aromatic heterocycles.